The van der Waals surface area contributed by atoms with E-state index in [-0.39, 0.29) is 11.3 Å². The zero-order valence-electron chi connectivity index (χ0n) is 14.4. The van der Waals surface area contributed by atoms with Crippen LogP contribution in [0, 0.1) is 0 Å². The number of nitrogens with one attached hydrogen (secondary N) is 1. The average molecular weight is 395 g/mol. The van der Waals surface area contributed by atoms with Crippen LogP contribution < -0.4 is 15.2 Å². The van der Waals surface area contributed by atoms with Gasteiger partial charge in [-0.05, 0) is 36.6 Å². The summed E-state index contributed by atoms with van der Waals surface area (Å²) in [5.74, 6) is -0.238. The molecular weight excluding hydrogens is 379 g/mol. The smallest absolute Gasteiger partial charge is 0.419 e. The Kier molecular flexibility index (Phi) is 4.33. The van der Waals surface area contributed by atoms with Gasteiger partial charge in [0.1, 0.15) is 16.1 Å². The highest BCUT2D eigenvalue weighted by atomic mass is 32.1. The summed E-state index contributed by atoms with van der Waals surface area (Å²) in [5, 5.41) is 1.19. The number of nitrogens with zero attached hydrogens (tertiary/aromatic N) is 2. The van der Waals surface area contributed by atoms with E-state index in [1.165, 1.54) is 30.8 Å². The van der Waals surface area contributed by atoms with E-state index < -0.39 is 11.7 Å². The van der Waals surface area contributed by atoms with Crippen molar-refractivity contribution in [3.8, 4) is 16.2 Å². The molecule has 0 aliphatic carbocycles. The van der Waals surface area contributed by atoms with E-state index >= 15 is 0 Å². The third-order valence-corrected chi connectivity index (χ3v) is 5.93. The van der Waals surface area contributed by atoms with Gasteiger partial charge in [0.15, 0.2) is 0 Å². The maximum absolute atomic E-state index is 13.4. The van der Waals surface area contributed by atoms with Gasteiger partial charge in [-0.1, -0.05) is 0 Å². The highest BCUT2D eigenvalue weighted by Gasteiger charge is 2.35. The molecule has 0 unspecified atom stereocenters. The number of fused-ring (bicyclic) bond motifs is 1. The molecule has 27 heavy (non-hydrogen) atoms. The Morgan fingerprint density at radius 1 is 1.26 bits per heavy atom. The molecule has 1 aliphatic rings. The number of aromatic nitrogens is 2. The third-order valence-electron chi connectivity index (χ3n) is 4.64. The number of thiophene rings is 1. The molecule has 0 radical (unpaired) electrons. The van der Waals surface area contributed by atoms with Crippen LogP contribution in [0.25, 0.3) is 21.3 Å². The van der Waals surface area contributed by atoms with Crippen LogP contribution in [0.4, 0.5) is 18.2 Å². The Labute approximate surface area is 156 Å². The molecule has 0 bridgehead atoms. The van der Waals surface area contributed by atoms with Crippen molar-refractivity contribution in [3.05, 3.63) is 40.4 Å². The number of anilines is 1. The summed E-state index contributed by atoms with van der Waals surface area (Å²) in [6, 6.07) is 3.92. The number of benzene rings is 1. The largest absolute Gasteiger partial charge is 0.496 e. The number of alkyl halides is 3. The molecular formula is C18H16F3N3O2S. The topological polar surface area (TPSA) is 58.2 Å². The standard InChI is InChI=1S/C18H16F3N3O2S/c1-26-12-5-4-10(8-11(12)18(19,20)21)15-14-13(16(25)23-9-22-14)17(27-15)24-6-2-3-7-24/h4-5,8-9H,2-3,6-7H2,1H3,(H,22,23,25). The van der Waals surface area contributed by atoms with Crippen LogP contribution in [-0.4, -0.2) is 30.2 Å². The van der Waals surface area contributed by atoms with Gasteiger partial charge < -0.3 is 14.6 Å². The summed E-state index contributed by atoms with van der Waals surface area (Å²) in [7, 11) is 1.21. The van der Waals surface area contributed by atoms with Crippen molar-refractivity contribution >= 4 is 27.2 Å². The van der Waals surface area contributed by atoms with Gasteiger partial charge in [0, 0.05) is 13.1 Å². The first-order chi connectivity index (χ1) is 12.9. The SMILES string of the molecule is COc1ccc(-c2sc(N3CCCC3)c3c(=O)[nH]cnc23)cc1C(F)(F)F. The van der Waals surface area contributed by atoms with E-state index in [1.54, 1.807) is 6.07 Å². The first-order valence-electron chi connectivity index (χ1n) is 8.41. The quantitative estimate of drug-likeness (QED) is 0.719. The van der Waals surface area contributed by atoms with E-state index in [9.17, 15) is 18.0 Å². The Morgan fingerprint density at radius 2 is 2.00 bits per heavy atom. The molecule has 0 atom stereocenters. The van der Waals surface area contributed by atoms with E-state index in [0.717, 1.165) is 37.0 Å². The molecule has 1 aromatic carbocycles. The van der Waals surface area contributed by atoms with Crippen molar-refractivity contribution in [2.45, 2.75) is 19.0 Å². The summed E-state index contributed by atoms with van der Waals surface area (Å²) in [5.41, 5.74) is -0.351. The number of rotatable bonds is 3. The molecule has 9 heteroatoms. The lowest BCUT2D eigenvalue weighted by molar-refractivity contribution is -0.138. The van der Waals surface area contributed by atoms with Gasteiger partial charge in [-0.25, -0.2) is 4.98 Å². The van der Waals surface area contributed by atoms with Crippen molar-refractivity contribution < 1.29 is 17.9 Å². The van der Waals surface area contributed by atoms with Crippen LogP contribution >= 0.6 is 11.3 Å². The van der Waals surface area contributed by atoms with Gasteiger partial charge in [0.05, 0.1) is 29.4 Å². The molecule has 2 aromatic heterocycles. The van der Waals surface area contributed by atoms with Crippen LogP contribution in [0.5, 0.6) is 5.75 Å². The lowest BCUT2D eigenvalue weighted by Gasteiger charge is -2.15. The normalized spacial score (nSPS) is 14.9. The van der Waals surface area contributed by atoms with Crippen LogP contribution in [0.2, 0.25) is 0 Å². The van der Waals surface area contributed by atoms with Crippen molar-refractivity contribution in [1.29, 1.82) is 0 Å². The summed E-state index contributed by atoms with van der Waals surface area (Å²) in [6.45, 7) is 1.64. The fourth-order valence-electron chi connectivity index (χ4n) is 3.38. The van der Waals surface area contributed by atoms with Crippen molar-refractivity contribution in [3.63, 3.8) is 0 Å². The average Bonchev–Trinajstić information content (AvgIpc) is 3.28. The van der Waals surface area contributed by atoms with Crippen molar-refractivity contribution in [1.82, 2.24) is 9.97 Å². The van der Waals surface area contributed by atoms with Gasteiger partial charge in [0.2, 0.25) is 0 Å². The fourth-order valence-corrected chi connectivity index (χ4v) is 4.67. The van der Waals surface area contributed by atoms with Gasteiger partial charge in [-0.15, -0.1) is 11.3 Å². The minimum absolute atomic E-state index is 0.238. The Balaban J connectivity index is 1.95. The second kappa shape index (κ2) is 6.56. The zero-order valence-corrected chi connectivity index (χ0v) is 15.2. The lowest BCUT2D eigenvalue weighted by Crippen LogP contribution is -2.18. The van der Waals surface area contributed by atoms with Gasteiger partial charge in [-0.3, -0.25) is 4.79 Å². The summed E-state index contributed by atoms with van der Waals surface area (Å²) in [4.78, 5) is 21.9. The molecule has 1 fully saturated rings. The summed E-state index contributed by atoms with van der Waals surface area (Å²) < 4.78 is 45.1. The van der Waals surface area contributed by atoms with E-state index in [4.69, 9.17) is 4.74 Å². The zero-order chi connectivity index (χ0) is 19.2. The number of aromatic amines is 1. The van der Waals surface area contributed by atoms with Crippen LogP contribution in [0.1, 0.15) is 18.4 Å². The number of ether oxygens (including phenoxy) is 1. The summed E-state index contributed by atoms with van der Waals surface area (Å²) in [6.07, 6.45) is -1.22. The second-order valence-corrected chi connectivity index (χ2v) is 7.30. The minimum Gasteiger partial charge on any atom is -0.496 e. The van der Waals surface area contributed by atoms with Crippen molar-refractivity contribution in [2.24, 2.45) is 0 Å². The summed E-state index contributed by atoms with van der Waals surface area (Å²) >= 11 is 1.31. The minimum atomic E-state index is -4.54. The molecule has 1 aliphatic heterocycles. The first kappa shape index (κ1) is 17.8. The Morgan fingerprint density at radius 3 is 2.67 bits per heavy atom. The molecule has 5 nitrogen and oxygen atoms in total. The molecule has 3 heterocycles. The van der Waals surface area contributed by atoms with Crippen molar-refractivity contribution in [2.75, 3.05) is 25.1 Å². The number of hydrogen-bond donors (Lipinski definition) is 1. The lowest BCUT2D eigenvalue weighted by atomic mass is 10.1. The third kappa shape index (κ3) is 3.05. The molecule has 1 saturated heterocycles. The highest BCUT2D eigenvalue weighted by Crippen LogP contribution is 2.45. The predicted octanol–water partition coefficient (Wildman–Crippen LogP) is 4.28. The molecule has 4 rings (SSSR count). The monoisotopic (exact) mass is 395 g/mol. The molecule has 142 valence electrons. The van der Waals surface area contributed by atoms with Crippen LogP contribution in [-0.2, 0) is 6.18 Å². The molecule has 0 saturated carbocycles. The van der Waals surface area contributed by atoms with E-state index in [2.05, 4.69) is 14.9 Å². The van der Waals surface area contributed by atoms with Crippen LogP contribution in [0.15, 0.2) is 29.3 Å². The predicted molar refractivity (Wildman–Crippen MR) is 98.7 cm³/mol. The molecule has 3 aromatic rings. The maximum Gasteiger partial charge on any atom is 0.419 e. The van der Waals surface area contributed by atoms with Gasteiger partial charge in [-0.2, -0.15) is 13.2 Å². The maximum atomic E-state index is 13.4. The fraction of sp³-hybridized carbons (Fsp3) is 0.333. The number of halogens is 3. The first-order valence-corrected chi connectivity index (χ1v) is 9.22. The molecule has 0 spiro atoms. The second-order valence-electron chi connectivity index (χ2n) is 6.30. The van der Waals surface area contributed by atoms with E-state index in [0.29, 0.717) is 21.3 Å². The number of methoxy groups -OCH3 is 1. The van der Waals surface area contributed by atoms with Gasteiger partial charge >= 0.3 is 6.18 Å². The van der Waals surface area contributed by atoms with Crippen LogP contribution in [0.3, 0.4) is 0 Å². The van der Waals surface area contributed by atoms with E-state index in [1.807, 2.05) is 0 Å². The number of H-pyrrole nitrogens is 1. The number of hydrogen-bond acceptors (Lipinski definition) is 5. The Hall–Kier alpha value is -2.55. The van der Waals surface area contributed by atoms with Gasteiger partial charge in [0.25, 0.3) is 5.56 Å². The highest BCUT2D eigenvalue weighted by molar-refractivity contribution is 7.21. The molecule has 1 N–H and O–H groups in total. The molecule has 0 amide bonds. The Bertz CT molecular complexity index is 1050.